The lowest BCUT2D eigenvalue weighted by Crippen LogP contribution is -2.54. The number of ether oxygens (including phenoxy) is 1. The lowest BCUT2D eigenvalue weighted by atomic mass is 9.94. The Bertz CT molecular complexity index is 1060. The molecule has 1 aliphatic rings. The van der Waals surface area contributed by atoms with Crippen LogP contribution in [0.25, 0.3) is 0 Å². The van der Waals surface area contributed by atoms with Gasteiger partial charge in [0, 0.05) is 18.9 Å². The molecular formula is C33H47N3O5. The maximum atomic E-state index is 13.7. The number of rotatable bonds is 17. The Hall–Kier alpha value is -3.23. The Morgan fingerprint density at radius 1 is 0.951 bits per heavy atom. The van der Waals surface area contributed by atoms with Crippen molar-refractivity contribution in [1.82, 2.24) is 15.7 Å². The highest BCUT2D eigenvalue weighted by molar-refractivity contribution is 5.91. The van der Waals surface area contributed by atoms with Crippen LogP contribution in [0.15, 0.2) is 60.7 Å². The number of hydroxylamine groups is 1. The van der Waals surface area contributed by atoms with Crippen LogP contribution in [0.3, 0.4) is 0 Å². The normalized spacial score (nSPS) is 16.4. The number of carbonyl (C=O) groups excluding carboxylic acids is 3. The third-order valence-corrected chi connectivity index (χ3v) is 7.54. The summed E-state index contributed by atoms with van der Waals surface area (Å²) >= 11 is 0. The molecule has 0 aliphatic carbocycles. The van der Waals surface area contributed by atoms with Crippen molar-refractivity contribution in [3.63, 3.8) is 0 Å². The summed E-state index contributed by atoms with van der Waals surface area (Å²) in [6, 6.07) is 18.9. The van der Waals surface area contributed by atoms with E-state index in [1.165, 1.54) is 0 Å². The van der Waals surface area contributed by atoms with Crippen LogP contribution in [0.5, 0.6) is 0 Å². The smallest absolute Gasteiger partial charge is 0.245 e. The quantitative estimate of drug-likeness (QED) is 0.204. The topological polar surface area (TPSA) is 97.0 Å². The maximum Gasteiger partial charge on any atom is 0.245 e. The SMILES string of the molecule is CCCCC[C@H](CC(=O)NOCc1ccccc1)C(=O)N[C@H](C(=O)N1CCC[C@@H]1COCc1ccccc1)C(C)C. The number of hydrogen-bond acceptors (Lipinski definition) is 5. The molecule has 0 saturated carbocycles. The maximum absolute atomic E-state index is 13.7. The fourth-order valence-electron chi connectivity index (χ4n) is 5.16. The number of nitrogens with zero attached hydrogens (tertiary/aromatic N) is 1. The van der Waals surface area contributed by atoms with Gasteiger partial charge in [-0.05, 0) is 36.3 Å². The van der Waals surface area contributed by atoms with Gasteiger partial charge in [-0.3, -0.25) is 19.2 Å². The number of unbranched alkanes of at least 4 members (excludes halogenated alkanes) is 2. The molecule has 0 radical (unpaired) electrons. The molecule has 1 saturated heterocycles. The Labute approximate surface area is 245 Å². The van der Waals surface area contributed by atoms with E-state index >= 15 is 0 Å². The zero-order chi connectivity index (χ0) is 29.5. The van der Waals surface area contributed by atoms with Crippen LogP contribution >= 0.6 is 0 Å². The average Bonchev–Trinajstić information content (AvgIpc) is 3.44. The predicted molar refractivity (Wildman–Crippen MR) is 159 cm³/mol. The summed E-state index contributed by atoms with van der Waals surface area (Å²) < 4.78 is 5.97. The second kappa shape index (κ2) is 17.6. The van der Waals surface area contributed by atoms with Gasteiger partial charge in [-0.1, -0.05) is 101 Å². The van der Waals surface area contributed by atoms with Crippen LogP contribution in [0.1, 0.15) is 76.8 Å². The zero-order valence-electron chi connectivity index (χ0n) is 24.8. The summed E-state index contributed by atoms with van der Waals surface area (Å²) in [7, 11) is 0. The standard InChI is InChI=1S/C33H47N3O5/c1-4-5-8-18-28(21-30(37)35-41-23-27-16-11-7-12-17-27)32(38)34-31(25(2)3)33(39)36-20-13-19-29(36)24-40-22-26-14-9-6-10-15-26/h6-7,9-12,14-17,25,28-29,31H,4-5,8,13,18-24H2,1-3H3,(H,34,38)(H,35,37)/t28-,29-,31+/m1/s1. The first-order valence-electron chi connectivity index (χ1n) is 15.1. The number of hydrogen-bond donors (Lipinski definition) is 2. The Kier molecular flexibility index (Phi) is 13.8. The van der Waals surface area contributed by atoms with E-state index in [1.807, 2.05) is 79.4 Å². The molecule has 2 aromatic rings. The van der Waals surface area contributed by atoms with Crippen molar-refractivity contribution < 1.29 is 24.0 Å². The van der Waals surface area contributed by atoms with E-state index in [0.717, 1.165) is 43.2 Å². The Morgan fingerprint density at radius 2 is 1.61 bits per heavy atom. The van der Waals surface area contributed by atoms with Crippen molar-refractivity contribution in [2.75, 3.05) is 13.2 Å². The van der Waals surface area contributed by atoms with Crippen LogP contribution < -0.4 is 10.8 Å². The van der Waals surface area contributed by atoms with Gasteiger partial charge < -0.3 is 15.0 Å². The largest absolute Gasteiger partial charge is 0.375 e. The van der Waals surface area contributed by atoms with E-state index in [4.69, 9.17) is 9.57 Å². The highest BCUT2D eigenvalue weighted by Gasteiger charge is 2.36. The highest BCUT2D eigenvalue weighted by atomic mass is 16.6. The number of benzene rings is 2. The second-order valence-corrected chi connectivity index (χ2v) is 11.3. The van der Waals surface area contributed by atoms with Crippen LogP contribution in [-0.4, -0.2) is 47.9 Å². The number of amides is 3. The fourth-order valence-corrected chi connectivity index (χ4v) is 5.16. The summed E-state index contributed by atoms with van der Waals surface area (Å²) in [4.78, 5) is 47.1. The van der Waals surface area contributed by atoms with Crippen molar-refractivity contribution in [2.45, 2.75) is 91.0 Å². The molecule has 0 unspecified atom stereocenters. The zero-order valence-corrected chi connectivity index (χ0v) is 24.8. The van der Waals surface area contributed by atoms with Gasteiger partial charge in [0.15, 0.2) is 0 Å². The summed E-state index contributed by atoms with van der Waals surface area (Å²) in [5, 5.41) is 3.02. The molecule has 224 valence electrons. The minimum Gasteiger partial charge on any atom is -0.375 e. The second-order valence-electron chi connectivity index (χ2n) is 11.3. The molecule has 3 amide bonds. The molecule has 1 heterocycles. The van der Waals surface area contributed by atoms with Gasteiger partial charge >= 0.3 is 0 Å². The fraction of sp³-hybridized carbons (Fsp3) is 0.545. The van der Waals surface area contributed by atoms with E-state index in [1.54, 1.807) is 0 Å². The monoisotopic (exact) mass is 565 g/mol. The van der Waals surface area contributed by atoms with Crippen LogP contribution in [-0.2, 0) is 37.2 Å². The molecule has 2 aromatic carbocycles. The minimum atomic E-state index is -0.664. The summed E-state index contributed by atoms with van der Waals surface area (Å²) in [6.07, 6.45) is 5.18. The van der Waals surface area contributed by atoms with Crippen molar-refractivity contribution >= 4 is 17.7 Å². The summed E-state index contributed by atoms with van der Waals surface area (Å²) in [6.45, 7) is 7.84. The van der Waals surface area contributed by atoms with E-state index in [-0.39, 0.29) is 42.7 Å². The summed E-state index contributed by atoms with van der Waals surface area (Å²) in [5.41, 5.74) is 4.52. The molecule has 1 fully saturated rings. The molecule has 3 atom stereocenters. The van der Waals surface area contributed by atoms with Crippen molar-refractivity contribution in [3.8, 4) is 0 Å². The minimum absolute atomic E-state index is 0.00298. The molecule has 8 heteroatoms. The lowest BCUT2D eigenvalue weighted by Gasteiger charge is -2.32. The summed E-state index contributed by atoms with van der Waals surface area (Å²) in [5.74, 6) is -1.33. The molecular weight excluding hydrogens is 518 g/mol. The Balaban J connectivity index is 1.56. The third-order valence-electron chi connectivity index (χ3n) is 7.54. The third kappa shape index (κ3) is 10.9. The first-order valence-corrected chi connectivity index (χ1v) is 15.1. The van der Waals surface area contributed by atoms with E-state index < -0.39 is 12.0 Å². The molecule has 0 aromatic heterocycles. The van der Waals surface area contributed by atoms with Crippen LogP contribution in [0, 0.1) is 11.8 Å². The lowest BCUT2D eigenvalue weighted by molar-refractivity contribution is -0.142. The van der Waals surface area contributed by atoms with Gasteiger partial charge in [0.25, 0.3) is 0 Å². The first kappa shape index (κ1) is 32.3. The molecule has 0 spiro atoms. The molecule has 0 bridgehead atoms. The molecule has 41 heavy (non-hydrogen) atoms. The van der Waals surface area contributed by atoms with E-state index in [9.17, 15) is 14.4 Å². The molecule has 2 N–H and O–H groups in total. The number of carbonyl (C=O) groups is 3. The first-order chi connectivity index (χ1) is 19.9. The number of likely N-dealkylation sites (tertiary alicyclic amines) is 1. The van der Waals surface area contributed by atoms with Crippen molar-refractivity contribution in [3.05, 3.63) is 71.8 Å². The highest BCUT2D eigenvalue weighted by Crippen LogP contribution is 2.22. The average molecular weight is 566 g/mol. The van der Waals surface area contributed by atoms with Gasteiger partial charge in [-0.2, -0.15) is 0 Å². The van der Waals surface area contributed by atoms with E-state index in [2.05, 4.69) is 17.7 Å². The number of nitrogens with one attached hydrogen (secondary N) is 2. The van der Waals surface area contributed by atoms with Crippen molar-refractivity contribution in [2.24, 2.45) is 11.8 Å². The van der Waals surface area contributed by atoms with Gasteiger partial charge in [0.05, 0.1) is 25.9 Å². The molecule has 8 nitrogen and oxygen atoms in total. The molecule has 1 aliphatic heterocycles. The predicted octanol–water partition coefficient (Wildman–Crippen LogP) is 5.17. The van der Waals surface area contributed by atoms with Crippen LogP contribution in [0.2, 0.25) is 0 Å². The van der Waals surface area contributed by atoms with Crippen molar-refractivity contribution in [1.29, 1.82) is 0 Å². The van der Waals surface area contributed by atoms with E-state index in [0.29, 0.717) is 26.2 Å². The van der Waals surface area contributed by atoms with Gasteiger partial charge in [0.1, 0.15) is 6.04 Å². The molecule has 3 rings (SSSR count). The van der Waals surface area contributed by atoms with Gasteiger partial charge in [-0.25, -0.2) is 5.48 Å². The van der Waals surface area contributed by atoms with Crippen LogP contribution in [0.4, 0.5) is 0 Å². The van der Waals surface area contributed by atoms with Gasteiger partial charge in [-0.15, -0.1) is 0 Å². The van der Waals surface area contributed by atoms with Gasteiger partial charge in [0.2, 0.25) is 17.7 Å². The Morgan fingerprint density at radius 3 is 2.24 bits per heavy atom.